The highest BCUT2D eigenvalue weighted by Gasteiger charge is 2.14. The molecule has 0 unspecified atom stereocenters. The summed E-state index contributed by atoms with van der Waals surface area (Å²) in [6.45, 7) is 4.59. The van der Waals surface area contributed by atoms with Crippen LogP contribution in [-0.4, -0.2) is 47.1 Å². The van der Waals surface area contributed by atoms with Crippen LogP contribution < -0.4 is 11.1 Å². The van der Waals surface area contributed by atoms with Crippen LogP contribution in [-0.2, 0) is 4.79 Å². The highest BCUT2D eigenvalue weighted by atomic mass is 16.1. The van der Waals surface area contributed by atoms with E-state index in [1.165, 1.54) is 6.08 Å². The number of amides is 1. The van der Waals surface area contributed by atoms with Gasteiger partial charge in [-0.2, -0.15) is 5.10 Å². The van der Waals surface area contributed by atoms with Crippen molar-refractivity contribution in [2.75, 3.05) is 26.0 Å². The smallest absolute Gasteiger partial charge is 0.248 e. The van der Waals surface area contributed by atoms with Gasteiger partial charge in [0, 0.05) is 24.9 Å². The van der Waals surface area contributed by atoms with Crippen molar-refractivity contribution < 1.29 is 4.79 Å². The molecule has 0 aliphatic rings. The molecule has 0 saturated carbocycles. The van der Waals surface area contributed by atoms with Gasteiger partial charge in [-0.25, -0.2) is 0 Å². The van der Waals surface area contributed by atoms with Crippen LogP contribution in [0.1, 0.15) is 25.6 Å². The fourth-order valence-corrected chi connectivity index (χ4v) is 1.49. The first kappa shape index (κ1) is 15.9. The van der Waals surface area contributed by atoms with Crippen LogP contribution >= 0.6 is 0 Å². The van der Waals surface area contributed by atoms with Gasteiger partial charge in [0.15, 0.2) is 5.69 Å². The Morgan fingerprint density at radius 3 is 2.75 bits per heavy atom. The summed E-state index contributed by atoms with van der Waals surface area (Å²) in [4.78, 5) is 13.7. The lowest BCUT2D eigenvalue weighted by Gasteiger charge is -2.04. The zero-order valence-electron chi connectivity index (χ0n) is 12.3. The maximum Gasteiger partial charge on any atom is 0.248 e. The number of amidine groups is 1. The Balaban J connectivity index is 2.83. The minimum atomic E-state index is -0.266. The van der Waals surface area contributed by atoms with Gasteiger partial charge in [-0.1, -0.05) is 6.08 Å². The van der Waals surface area contributed by atoms with Crippen LogP contribution in [0.5, 0.6) is 0 Å². The molecule has 1 aromatic rings. The van der Waals surface area contributed by atoms with E-state index in [0.717, 1.165) is 0 Å². The Morgan fingerprint density at radius 2 is 2.25 bits per heavy atom. The number of rotatable bonds is 6. The van der Waals surface area contributed by atoms with Gasteiger partial charge < -0.3 is 16.0 Å². The summed E-state index contributed by atoms with van der Waals surface area (Å²) in [6.07, 6.45) is 4.89. The first-order valence-electron chi connectivity index (χ1n) is 6.37. The van der Waals surface area contributed by atoms with Crippen LogP contribution in [0.3, 0.4) is 0 Å². The molecule has 0 fully saturated rings. The van der Waals surface area contributed by atoms with Crippen molar-refractivity contribution >= 4 is 17.4 Å². The molecule has 0 aliphatic carbocycles. The summed E-state index contributed by atoms with van der Waals surface area (Å²) in [5.74, 6) is -0.436. The number of likely N-dealkylation sites (N-methyl/N-ethyl adjacent to an activating group) is 1. The molecule has 7 heteroatoms. The molecular formula is C13H22N6O. The number of hydrogen-bond acceptors (Lipinski definition) is 4. The number of carbonyl (C=O) groups is 1. The van der Waals surface area contributed by atoms with E-state index in [1.54, 1.807) is 17.0 Å². The van der Waals surface area contributed by atoms with Crippen molar-refractivity contribution in [2.24, 2.45) is 5.73 Å². The lowest BCUT2D eigenvalue weighted by atomic mass is 10.3. The standard InChI is InChI=1S/C13H22N6O/c1-9(2)19-8-10(12(17-19)13(14)15)16-11(20)6-5-7-18(3)4/h5-6,8-9H,7H2,1-4H3,(H3,14,15)(H,16,20)/b6-5+. The van der Waals surface area contributed by atoms with Crippen LogP contribution in [0.2, 0.25) is 0 Å². The van der Waals surface area contributed by atoms with Crippen molar-refractivity contribution in [1.82, 2.24) is 14.7 Å². The number of nitrogens with zero attached hydrogens (tertiary/aromatic N) is 3. The Bertz CT molecular complexity index is 515. The van der Waals surface area contributed by atoms with Crippen molar-refractivity contribution in [3.63, 3.8) is 0 Å². The number of nitrogen functional groups attached to an aromatic ring is 1. The summed E-state index contributed by atoms with van der Waals surface area (Å²) < 4.78 is 1.66. The first-order chi connectivity index (χ1) is 9.31. The van der Waals surface area contributed by atoms with Gasteiger partial charge in [0.2, 0.25) is 5.91 Å². The average molecular weight is 278 g/mol. The van der Waals surface area contributed by atoms with Crippen molar-refractivity contribution in [1.29, 1.82) is 5.41 Å². The molecule has 1 heterocycles. The van der Waals surface area contributed by atoms with E-state index in [1.807, 2.05) is 32.8 Å². The lowest BCUT2D eigenvalue weighted by Crippen LogP contribution is -2.17. The molecular weight excluding hydrogens is 256 g/mol. The van der Waals surface area contributed by atoms with Gasteiger partial charge in [0.1, 0.15) is 5.84 Å². The third-order valence-electron chi connectivity index (χ3n) is 2.51. The Labute approximate surface area is 118 Å². The van der Waals surface area contributed by atoms with Crippen LogP contribution in [0, 0.1) is 5.41 Å². The highest BCUT2D eigenvalue weighted by Crippen LogP contribution is 2.16. The zero-order valence-corrected chi connectivity index (χ0v) is 12.3. The number of carbonyl (C=O) groups excluding carboxylic acids is 1. The van der Waals surface area contributed by atoms with E-state index in [-0.39, 0.29) is 23.5 Å². The van der Waals surface area contributed by atoms with Crippen LogP contribution in [0.4, 0.5) is 5.69 Å². The van der Waals surface area contributed by atoms with Gasteiger partial charge in [0.25, 0.3) is 0 Å². The van der Waals surface area contributed by atoms with Crippen molar-refractivity contribution in [3.05, 3.63) is 24.0 Å². The normalized spacial score (nSPS) is 11.5. The minimum Gasteiger partial charge on any atom is -0.382 e. The first-order valence-corrected chi connectivity index (χ1v) is 6.37. The van der Waals surface area contributed by atoms with Crippen molar-refractivity contribution in [2.45, 2.75) is 19.9 Å². The SMILES string of the molecule is CC(C)n1cc(NC(=O)/C=C/CN(C)C)c(C(=N)N)n1. The summed E-state index contributed by atoms with van der Waals surface area (Å²) in [5.41, 5.74) is 6.21. The van der Waals surface area contributed by atoms with E-state index < -0.39 is 0 Å². The van der Waals surface area contributed by atoms with E-state index in [2.05, 4.69) is 10.4 Å². The average Bonchev–Trinajstić information content (AvgIpc) is 2.72. The molecule has 7 nitrogen and oxygen atoms in total. The number of aromatic nitrogens is 2. The van der Waals surface area contributed by atoms with Gasteiger partial charge in [-0.15, -0.1) is 0 Å². The third kappa shape index (κ3) is 4.51. The summed E-state index contributed by atoms with van der Waals surface area (Å²) >= 11 is 0. The molecule has 4 N–H and O–H groups in total. The molecule has 20 heavy (non-hydrogen) atoms. The van der Waals surface area contributed by atoms with Crippen LogP contribution in [0.15, 0.2) is 18.3 Å². The lowest BCUT2D eigenvalue weighted by molar-refractivity contribution is -0.111. The predicted octanol–water partition coefficient (Wildman–Crippen LogP) is 0.804. The number of nitrogens with two attached hydrogens (primary N) is 1. The van der Waals surface area contributed by atoms with Gasteiger partial charge in [-0.05, 0) is 27.9 Å². The van der Waals surface area contributed by atoms with Gasteiger partial charge >= 0.3 is 0 Å². The molecule has 0 bridgehead atoms. The molecule has 110 valence electrons. The molecule has 1 aromatic heterocycles. The maximum atomic E-state index is 11.8. The summed E-state index contributed by atoms with van der Waals surface area (Å²) in [5, 5.41) is 14.4. The highest BCUT2D eigenvalue weighted by molar-refractivity contribution is 6.05. The largest absolute Gasteiger partial charge is 0.382 e. The summed E-state index contributed by atoms with van der Waals surface area (Å²) in [7, 11) is 3.84. The van der Waals surface area contributed by atoms with E-state index in [4.69, 9.17) is 11.1 Å². The van der Waals surface area contributed by atoms with E-state index in [0.29, 0.717) is 12.2 Å². The fourth-order valence-electron chi connectivity index (χ4n) is 1.49. The molecule has 0 atom stereocenters. The Morgan fingerprint density at radius 1 is 1.60 bits per heavy atom. The maximum absolute atomic E-state index is 11.8. The predicted molar refractivity (Wildman–Crippen MR) is 80.0 cm³/mol. The van der Waals surface area contributed by atoms with Crippen molar-refractivity contribution in [3.8, 4) is 0 Å². The zero-order chi connectivity index (χ0) is 15.3. The minimum absolute atomic E-state index is 0.128. The molecule has 0 saturated heterocycles. The van der Waals surface area contributed by atoms with Gasteiger partial charge in [-0.3, -0.25) is 14.9 Å². The quantitative estimate of drug-likeness (QED) is 0.407. The number of anilines is 1. The third-order valence-corrected chi connectivity index (χ3v) is 2.51. The number of nitrogens with one attached hydrogen (secondary N) is 2. The molecule has 1 amide bonds. The Kier molecular flexibility index (Phi) is 5.45. The number of hydrogen-bond donors (Lipinski definition) is 3. The second-order valence-corrected chi connectivity index (χ2v) is 5.03. The molecule has 0 radical (unpaired) electrons. The summed E-state index contributed by atoms with van der Waals surface area (Å²) in [6, 6.07) is 0.128. The van der Waals surface area contributed by atoms with E-state index in [9.17, 15) is 4.79 Å². The second-order valence-electron chi connectivity index (χ2n) is 5.03. The van der Waals surface area contributed by atoms with Gasteiger partial charge in [0.05, 0.1) is 5.69 Å². The molecule has 0 aromatic carbocycles. The molecule has 1 rings (SSSR count). The fraction of sp³-hybridized carbons (Fsp3) is 0.462. The second kappa shape index (κ2) is 6.85. The topological polar surface area (TPSA) is 100 Å². The molecule has 0 spiro atoms. The Hall–Kier alpha value is -2.15. The monoisotopic (exact) mass is 278 g/mol. The van der Waals surface area contributed by atoms with Crippen LogP contribution in [0.25, 0.3) is 0 Å². The van der Waals surface area contributed by atoms with E-state index >= 15 is 0 Å². The molecule has 0 aliphatic heterocycles.